The first-order valence-electron chi connectivity index (χ1n) is 38.7. The summed E-state index contributed by atoms with van der Waals surface area (Å²) in [6.07, 6.45) is 15.5. The lowest BCUT2D eigenvalue weighted by Gasteiger charge is -2.34. The van der Waals surface area contributed by atoms with Gasteiger partial charge < -0.3 is 19.3 Å². The number of anilines is 6. The zero-order valence-electron chi connectivity index (χ0n) is 60.4. The molecule has 0 radical (unpaired) electrons. The Balaban J connectivity index is 0.664. The average Bonchev–Trinajstić information content (AvgIpc) is 1.55. The summed E-state index contributed by atoms with van der Waals surface area (Å²) in [6.45, 7) is 1.49. The van der Waals surface area contributed by atoms with Crippen LogP contribution in [0.3, 0.4) is 0 Å². The number of nitrogens with zero attached hydrogens (tertiary/aromatic N) is 2. The molecule has 0 bridgehead atoms. The van der Waals surface area contributed by atoms with E-state index in [4.69, 9.17) is 9.47 Å². The third-order valence-electron chi connectivity index (χ3n) is 23.5. The van der Waals surface area contributed by atoms with E-state index in [1.165, 1.54) is 126 Å². The molecule has 0 saturated carbocycles. The Bertz CT molecular complexity index is 5060. The number of hydrogen-bond donors (Lipinski definition) is 0. The molecule has 0 saturated heterocycles. The third-order valence-corrected chi connectivity index (χ3v) is 23.5. The van der Waals surface area contributed by atoms with Crippen LogP contribution in [0.4, 0.5) is 34.1 Å². The molecule has 0 amide bonds. The Hall–Kier alpha value is -11.7. The topological polar surface area (TPSA) is 24.9 Å². The molecular formula is C102H88N2O2. The van der Waals surface area contributed by atoms with Gasteiger partial charge in [0.25, 0.3) is 0 Å². The van der Waals surface area contributed by atoms with Gasteiger partial charge in [0.05, 0.1) is 13.2 Å². The quantitative estimate of drug-likeness (QED) is 0.0479. The van der Waals surface area contributed by atoms with Crippen molar-refractivity contribution in [2.75, 3.05) is 23.0 Å². The third kappa shape index (κ3) is 12.7. The van der Waals surface area contributed by atoms with Gasteiger partial charge in [-0.1, -0.05) is 281 Å². The normalized spacial score (nSPS) is 15.4. The minimum Gasteiger partial charge on any atom is -0.494 e. The first kappa shape index (κ1) is 66.2. The van der Waals surface area contributed by atoms with E-state index in [0.717, 1.165) is 134 Å². The molecule has 4 aliphatic carbocycles. The molecule has 14 aromatic carbocycles. The van der Waals surface area contributed by atoms with Gasteiger partial charge in [-0.2, -0.15) is 0 Å². The second kappa shape index (κ2) is 29.4. The van der Waals surface area contributed by atoms with Crippen molar-refractivity contribution in [1.82, 2.24) is 0 Å². The standard InChI is InChI=1S/C102H88N2O2/c1(3-23-67-105-91-61-49-79-37-39-81(79)69-91)21-65-101(83-29-13-7-14-30-83)97-35-19-17-33-93(97)95-63-59-89(71-99(95)101)103(85-51-41-75(42-52-85)73-25-9-5-10-26-73)87-55-45-77(46-56-87)78-47-57-88(58-48-78)104(86-53-43-76(44-54-86)74-27-11-6-12-28-74)90-60-64-96-94-34-18-20-36-98(94)102(100(96)72-90,84-31-15-8-16-32-84)66-22-2-4-24-68-106-92-62-50-80-38-40-82(80)70-92/h5-20,25-36,41-64,69-72H,1-4,21-24,37-40,65-68H2. The predicted octanol–water partition coefficient (Wildman–Crippen LogP) is 26.5. The molecule has 18 rings (SSSR count). The first-order valence-corrected chi connectivity index (χ1v) is 38.7. The van der Waals surface area contributed by atoms with E-state index in [9.17, 15) is 0 Å². The Labute approximate surface area is 625 Å². The molecule has 0 N–H and O–H groups in total. The van der Waals surface area contributed by atoms with Gasteiger partial charge in [-0.05, 0) is 260 Å². The monoisotopic (exact) mass is 1370 g/mol. The molecular weight excluding hydrogens is 1290 g/mol. The zero-order chi connectivity index (χ0) is 70.6. The van der Waals surface area contributed by atoms with Gasteiger partial charge in [-0.25, -0.2) is 0 Å². The Morgan fingerprint density at radius 2 is 0.528 bits per heavy atom. The molecule has 106 heavy (non-hydrogen) atoms. The van der Waals surface area contributed by atoms with Gasteiger partial charge in [0.2, 0.25) is 0 Å². The van der Waals surface area contributed by atoms with Crippen molar-refractivity contribution >= 4 is 34.1 Å². The number of ether oxygens (including phenoxy) is 2. The Morgan fingerprint density at radius 1 is 0.226 bits per heavy atom. The molecule has 4 aliphatic rings. The minimum atomic E-state index is -0.343. The fraction of sp³-hybridized carbons (Fsp3) is 0.176. The van der Waals surface area contributed by atoms with Gasteiger partial charge in [-0.3, -0.25) is 0 Å². The molecule has 4 heteroatoms. The van der Waals surface area contributed by atoms with Crippen molar-refractivity contribution in [3.63, 3.8) is 0 Å². The summed E-state index contributed by atoms with van der Waals surface area (Å²) >= 11 is 0. The summed E-state index contributed by atoms with van der Waals surface area (Å²) in [7, 11) is 0. The smallest absolute Gasteiger partial charge is 0.119 e. The molecule has 2 unspecified atom stereocenters. The van der Waals surface area contributed by atoms with Crippen LogP contribution in [0.25, 0.3) is 55.6 Å². The second-order valence-corrected chi connectivity index (χ2v) is 29.6. The largest absolute Gasteiger partial charge is 0.494 e. The highest BCUT2D eigenvalue weighted by Gasteiger charge is 2.46. The van der Waals surface area contributed by atoms with Gasteiger partial charge >= 0.3 is 0 Å². The number of hydrogen-bond acceptors (Lipinski definition) is 4. The fourth-order valence-electron chi connectivity index (χ4n) is 17.8. The fourth-order valence-corrected chi connectivity index (χ4v) is 17.8. The Morgan fingerprint density at radius 3 is 0.877 bits per heavy atom. The number of unbranched alkanes of at least 4 members (excludes halogenated alkanes) is 6. The van der Waals surface area contributed by atoms with Crippen LogP contribution in [0.1, 0.15) is 120 Å². The van der Waals surface area contributed by atoms with Gasteiger partial charge in [0.15, 0.2) is 0 Å². The summed E-state index contributed by atoms with van der Waals surface area (Å²) in [5, 5.41) is 0. The van der Waals surface area contributed by atoms with Crippen molar-refractivity contribution in [3.05, 3.63) is 395 Å². The van der Waals surface area contributed by atoms with Crippen LogP contribution in [-0.4, -0.2) is 13.2 Å². The predicted molar refractivity (Wildman–Crippen MR) is 440 cm³/mol. The van der Waals surface area contributed by atoms with Crippen molar-refractivity contribution < 1.29 is 9.47 Å². The molecule has 518 valence electrons. The van der Waals surface area contributed by atoms with Gasteiger partial charge in [-0.15, -0.1) is 0 Å². The van der Waals surface area contributed by atoms with E-state index in [1.54, 1.807) is 0 Å². The summed E-state index contributed by atoms with van der Waals surface area (Å²) in [6, 6.07) is 127. The molecule has 0 heterocycles. The van der Waals surface area contributed by atoms with Crippen molar-refractivity contribution in [3.8, 4) is 67.1 Å². The number of fused-ring (bicyclic) bond motifs is 8. The maximum Gasteiger partial charge on any atom is 0.119 e. The highest BCUT2D eigenvalue weighted by Crippen LogP contribution is 2.59. The van der Waals surface area contributed by atoms with Crippen LogP contribution in [0.5, 0.6) is 11.5 Å². The molecule has 14 aromatic rings. The maximum absolute atomic E-state index is 6.31. The number of benzene rings is 14. The summed E-state index contributed by atoms with van der Waals surface area (Å²) in [5.41, 5.74) is 32.4. The lowest BCUT2D eigenvalue weighted by molar-refractivity contribution is 0.303. The number of aryl methyl sites for hydroxylation is 4. The summed E-state index contributed by atoms with van der Waals surface area (Å²) in [4.78, 5) is 4.93. The molecule has 0 aromatic heterocycles. The Kier molecular flexibility index (Phi) is 18.4. The first-order chi connectivity index (χ1) is 52.5. The van der Waals surface area contributed by atoms with E-state index in [2.05, 4.69) is 350 Å². The van der Waals surface area contributed by atoms with Crippen LogP contribution in [0.15, 0.2) is 340 Å². The van der Waals surface area contributed by atoms with Crippen LogP contribution in [0, 0.1) is 0 Å². The van der Waals surface area contributed by atoms with Crippen LogP contribution >= 0.6 is 0 Å². The van der Waals surface area contributed by atoms with Crippen molar-refractivity contribution in [1.29, 1.82) is 0 Å². The minimum absolute atomic E-state index is 0.343. The summed E-state index contributed by atoms with van der Waals surface area (Å²) < 4.78 is 12.6. The second-order valence-electron chi connectivity index (χ2n) is 29.6. The van der Waals surface area contributed by atoms with Crippen LogP contribution in [0.2, 0.25) is 0 Å². The maximum atomic E-state index is 6.31. The lowest BCUT2D eigenvalue weighted by Crippen LogP contribution is -2.27. The van der Waals surface area contributed by atoms with Gasteiger partial charge in [0, 0.05) is 45.0 Å². The zero-order valence-corrected chi connectivity index (χ0v) is 60.4. The van der Waals surface area contributed by atoms with Crippen LogP contribution < -0.4 is 19.3 Å². The van der Waals surface area contributed by atoms with E-state index < -0.39 is 0 Å². The van der Waals surface area contributed by atoms with Crippen molar-refractivity contribution in [2.45, 2.75) is 101 Å². The van der Waals surface area contributed by atoms with E-state index >= 15 is 0 Å². The number of rotatable bonds is 27. The molecule has 4 nitrogen and oxygen atoms in total. The van der Waals surface area contributed by atoms with Gasteiger partial charge in [0.1, 0.15) is 11.5 Å². The molecule has 0 fully saturated rings. The lowest BCUT2D eigenvalue weighted by atomic mass is 9.69. The highest BCUT2D eigenvalue weighted by atomic mass is 16.5. The average molecular weight is 1370 g/mol. The molecule has 2 atom stereocenters. The highest BCUT2D eigenvalue weighted by molar-refractivity contribution is 5.91. The molecule has 0 aliphatic heterocycles. The SMILES string of the molecule is c1ccc(-c2ccc(N(c3ccc(-c4ccc(N(c5ccc(-c6ccccc6)cc5)c5ccc6c(c5)C(CCCCCCOc5ccc7c(c5)CC7)(c5ccccc5)c5ccccc5-6)cc4)cc3)c3ccc4c(c3)C(CCCCCCOc3ccc5c(c3)CC5)(c3ccccc3)c3ccccc3-4)cc2)cc1. The van der Waals surface area contributed by atoms with E-state index in [0.29, 0.717) is 0 Å². The van der Waals surface area contributed by atoms with E-state index in [-0.39, 0.29) is 10.8 Å². The van der Waals surface area contributed by atoms with E-state index in [1.807, 2.05) is 0 Å². The van der Waals surface area contributed by atoms with Crippen LogP contribution in [-0.2, 0) is 36.5 Å². The summed E-state index contributed by atoms with van der Waals surface area (Å²) in [5.74, 6) is 2.03. The van der Waals surface area contributed by atoms with Crippen molar-refractivity contribution in [2.24, 2.45) is 0 Å². The molecule has 0 spiro atoms.